The molecule has 1 aromatic carbocycles. The van der Waals surface area contributed by atoms with Gasteiger partial charge in [-0.25, -0.2) is 0 Å². The Bertz CT molecular complexity index is 301. The van der Waals surface area contributed by atoms with Gasteiger partial charge < -0.3 is 10.5 Å². The summed E-state index contributed by atoms with van der Waals surface area (Å²) in [6, 6.07) is 5.65. The van der Waals surface area contributed by atoms with Crippen molar-refractivity contribution in [2.24, 2.45) is 5.73 Å². The molecule has 2 N–H and O–H groups in total. The number of ether oxygens (including phenoxy) is 1. The first-order valence-corrected chi connectivity index (χ1v) is 5.20. The third-order valence-electron chi connectivity index (χ3n) is 2.14. The molecule has 0 heterocycles. The van der Waals surface area contributed by atoms with Crippen molar-refractivity contribution >= 4 is 11.6 Å². The molecule has 0 radical (unpaired) electrons. The molecule has 0 bridgehead atoms. The molecule has 0 saturated heterocycles. The predicted octanol–water partition coefficient (Wildman–Crippen LogP) is 2.98. The topological polar surface area (TPSA) is 35.2 Å². The van der Waals surface area contributed by atoms with Crippen LogP contribution < -0.4 is 10.5 Å². The molecule has 0 spiro atoms. The van der Waals surface area contributed by atoms with E-state index in [1.54, 1.807) is 0 Å². The SMILES string of the molecule is CCC(C)Oc1ccc(CN)cc1Cl. The summed E-state index contributed by atoms with van der Waals surface area (Å²) in [4.78, 5) is 0. The summed E-state index contributed by atoms with van der Waals surface area (Å²) in [5, 5.41) is 0.633. The first-order chi connectivity index (χ1) is 6.67. The largest absolute Gasteiger partial charge is 0.489 e. The summed E-state index contributed by atoms with van der Waals surface area (Å²) in [6.45, 7) is 4.60. The Kier molecular flexibility index (Phi) is 4.23. The standard InChI is InChI=1S/C11H16ClNO/c1-3-8(2)14-11-5-4-9(7-13)6-10(11)12/h4-6,8H,3,7,13H2,1-2H3. The van der Waals surface area contributed by atoms with Gasteiger partial charge in [0.15, 0.2) is 0 Å². The van der Waals surface area contributed by atoms with Gasteiger partial charge in [-0.3, -0.25) is 0 Å². The Morgan fingerprint density at radius 3 is 2.71 bits per heavy atom. The number of hydrogen-bond acceptors (Lipinski definition) is 2. The van der Waals surface area contributed by atoms with E-state index in [1.165, 1.54) is 0 Å². The zero-order valence-corrected chi connectivity index (χ0v) is 9.34. The summed E-state index contributed by atoms with van der Waals surface area (Å²) in [5.41, 5.74) is 6.52. The van der Waals surface area contributed by atoms with Gasteiger partial charge in [-0.2, -0.15) is 0 Å². The highest BCUT2D eigenvalue weighted by atomic mass is 35.5. The first kappa shape index (κ1) is 11.3. The molecule has 3 heteroatoms. The summed E-state index contributed by atoms with van der Waals surface area (Å²) in [7, 11) is 0. The summed E-state index contributed by atoms with van der Waals surface area (Å²) in [6.07, 6.45) is 1.16. The molecule has 0 aromatic heterocycles. The fourth-order valence-electron chi connectivity index (χ4n) is 1.07. The molecule has 0 aliphatic heterocycles. The molecule has 78 valence electrons. The lowest BCUT2D eigenvalue weighted by atomic mass is 10.2. The van der Waals surface area contributed by atoms with E-state index in [2.05, 4.69) is 6.92 Å². The van der Waals surface area contributed by atoms with E-state index in [9.17, 15) is 0 Å². The molecule has 0 aliphatic carbocycles. The van der Waals surface area contributed by atoms with Gasteiger partial charge in [0.1, 0.15) is 5.75 Å². The molecule has 0 saturated carbocycles. The van der Waals surface area contributed by atoms with E-state index in [0.717, 1.165) is 17.7 Å². The molecule has 1 atom stereocenters. The van der Waals surface area contributed by atoms with Crippen LogP contribution in [-0.2, 0) is 6.54 Å². The molecule has 0 aliphatic rings. The van der Waals surface area contributed by atoms with Crippen molar-refractivity contribution in [2.75, 3.05) is 0 Å². The van der Waals surface area contributed by atoms with E-state index < -0.39 is 0 Å². The fourth-order valence-corrected chi connectivity index (χ4v) is 1.31. The average molecular weight is 214 g/mol. The number of halogens is 1. The molecule has 2 nitrogen and oxygen atoms in total. The van der Waals surface area contributed by atoms with Crippen molar-refractivity contribution in [1.29, 1.82) is 0 Å². The normalized spacial score (nSPS) is 12.6. The minimum atomic E-state index is 0.191. The average Bonchev–Trinajstić information content (AvgIpc) is 2.20. The Morgan fingerprint density at radius 2 is 2.21 bits per heavy atom. The lowest BCUT2D eigenvalue weighted by Crippen LogP contribution is -2.10. The Balaban J connectivity index is 2.78. The van der Waals surface area contributed by atoms with E-state index in [4.69, 9.17) is 22.1 Å². The van der Waals surface area contributed by atoms with Gasteiger partial charge in [0.05, 0.1) is 11.1 Å². The molecule has 1 unspecified atom stereocenters. The van der Waals surface area contributed by atoms with Crippen LogP contribution in [-0.4, -0.2) is 6.10 Å². The Labute approximate surface area is 90.0 Å². The minimum Gasteiger partial charge on any atom is -0.489 e. The summed E-state index contributed by atoms with van der Waals surface area (Å²) in [5.74, 6) is 0.734. The summed E-state index contributed by atoms with van der Waals surface area (Å²) >= 11 is 6.03. The van der Waals surface area contributed by atoms with Crippen molar-refractivity contribution in [3.05, 3.63) is 28.8 Å². The second-order valence-electron chi connectivity index (χ2n) is 3.31. The maximum absolute atomic E-state index is 6.03. The monoisotopic (exact) mass is 213 g/mol. The van der Waals surface area contributed by atoms with Crippen LogP contribution in [0, 0.1) is 0 Å². The second-order valence-corrected chi connectivity index (χ2v) is 3.71. The van der Waals surface area contributed by atoms with Crippen LogP contribution in [0.3, 0.4) is 0 Å². The van der Waals surface area contributed by atoms with Gasteiger partial charge in [0, 0.05) is 6.54 Å². The van der Waals surface area contributed by atoms with Crippen molar-refractivity contribution in [1.82, 2.24) is 0 Å². The van der Waals surface area contributed by atoms with Gasteiger partial charge >= 0.3 is 0 Å². The van der Waals surface area contributed by atoms with Crippen molar-refractivity contribution in [3.8, 4) is 5.75 Å². The van der Waals surface area contributed by atoms with Crippen LogP contribution in [0.25, 0.3) is 0 Å². The van der Waals surface area contributed by atoms with Gasteiger partial charge in [0.2, 0.25) is 0 Å². The molecular formula is C11H16ClNO. The maximum Gasteiger partial charge on any atom is 0.138 e. The highest BCUT2D eigenvalue weighted by Crippen LogP contribution is 2.26. The Hall–Kier alpha value is -0.730. The smallest absolute Gasteiger partial charge is 0.138 e. The molecule has 0 amide bonds. The van der Waals surface area contributed by atoms with Crippen molar-refractivity contribution in [3.63, 3.8) is 0 Å². The molecule has 1 rings (SSSR count). The minimum absolute atomic E-state index is 0.191. The van der Waals surface area contributed by atoms with Crippen LogP contribution in [0.4, 0.5) is 0 Å². The third kappa shape index (κ3) is 2.89. The van der Waals surface area contributed by atoms with Crippen LogP contribution in [0.15, 0.2) is 18.2 Å². The van der Waals surface area contributed by atoms with E-state index in [1.807, 2.05) is 25.1 Å². The molecular weight excluding hydrogens is 198 g/mol. The van der Waals surface area contributed by atoms with Crippen LogP contribution >= 0.6 is 11.6 Å². The van der Waals surface area contributed by atoms with Crippen LogP contribution in [0.1, 0.15) is 25.8 Å². The van der Waals surface area contributed by atoms with Gasteiger partial charge in [0.25, 0.3) is 0 Å². The van der Waals surface area contributed by atoms with Crippen LogP contribution in [0.5, 0.6) is 5.75 Å². The lowest BCUT2D eigenvalue weighted by molar-refractivity contribution is 0.217. The molecule has 1 aromatic rings. The lowest BCUT2D eigenvalue weighted by Gasteiger charge is -2.14. The number of benzene rings is 1. The van der Waals surface area contributed by atoms with Crippen molar-refractivity contribution < 1.29 is 4.74 Å². The van der Waals surface area contributed by atoms with Gasteiger partial charge in [-0.15, -0.1) is 0 Å². The quantitative estimate of drug-likeness (QED) is 0.835. The zero-order chi connectivity index (χ0) is 10.6. The third-order valence-corrected chi connectivity index (χ3v) is 2.43. The van der Waals surface area contributed by atoms with Crippen LogP contribution in [0.2, 0.25) is 5.02 Å². The number of nitrogens with two attached hydrogens (primary N) is 1. The van der Waals surface area contributed by atoms with E-state index in [0.29, 0.717) is 11.6 Å². The predicted molar refractivity (Wildman–Crippen MR) is 59.7 cm³/mol. The van der Waals surface area contributed by atoms with Gasteiger partial charge in [-0.1, -0.05) is 24.6 Å². The highest BCUT2D eigenvalue weighted by molar-refractivity contribution is 6.32. The summed E-state index contributed by atoms with van der Waals surface area (Å²) < 4.78 is 5.62. The van der Waals surface area contributed by atoms with E-state index >= 15 is 0 Å². The number of rotatable bonds is 4. The molecule has 0 fully saturated rings. The fraction of sp³-hybridized carbons (Fsp3) is 0.455. The van der Waals surface area contributed by atoms with E-state index in [-0.39, 0.29) is 6.10 Å². The van der Waals surface area contributed by atoms with Gasteiger partial charge in [-0.05, 0) is 31.0 Å². The Morgan fingerprint density at radius 1 is 1.50 bits per heavy atom. The number of hydrogen-bond donors (Lipinski definition) is 1. The maximum atomic E-state index is 6.03. The second kappa shape index (κ2) is 5.23. The zero-order valence-electron chi connectivity index (χ0n) is 8.59. The van der Waals surface area contributed by atoms with Crippen molar-refractivity contribution in [2.45, 2.75) is 32.9 Å². The molecule has 14 heavy (non-hydrogen) atoms. The highest BCUT2D eigenvalue weighted by Gasteiger charge is 2.05. The first-order valence-electron chi connectivity index (χ1n) is 4.82.